The number of nitrogens with one attached hydrogen (secondary N) is 3. The predicted octanol–water partition coefficient (Wildman–Crippen LogP) is 3.42. The molecule has 2 aromatic carbocycles. The Hall–Kier alpha value is -2.79. The van der Waals surface area contributed by atoms with E-state index in [0.717, 1.165) is 16.5 Å². The molecule has 0 saturated heterocycles. The Balaban J connectivity index is 1.51. The summed E-state index contributed by atoms with van der Waals surface area (Å²) in [4.78, 5) is 19.7. The number of hydrogen-bond acceptors (Lipinski definition) is 3. The summed E-state index contributed by atoms with van der Waals surface area (Å²) in [5.41, 5.74) is 5.39. The number of carbonyl (C=O) groups is 1. The number of H-pyrrole nitrogens is 1. The van der Waals surface area contributed by atoms with Gasteiger partial charge in [0.05, 0.1) is 6.54 Å². The molecular formula is C16H15N3O2. The molecule has 5 nitrogen and oxygen atoms in total. The van der Waals surface area contributed by atoms with Crippen LogP contribution in [0, 0.1) is 0 Å². The maximum Gasteiger partial charge on any atom is 0.430 e. The number of fused-ring (bicyclic) bond motifs is 1. The van der Waals surface area contributed by atoms with Crippen molar-refractivity contribution in [1.82, 2.24) is 10.5 Å². The molecule has 3 aromatic rings. The van der Waals surface area contributed by atoms with Crippen molar-refractivity contribution in [2.45, 2.75) is 6.54 Å². The van der Waals surface area contributed by atoms with Gasteiger partial charge in [0.15, 0.2) is 0 Å². The van der Waals surface area contributed by atoms with Crippen LogP contribution in [0.1, 0.15) is 5.56 Å². The molecule has 0 aliphatic heterocycles. The van der Waals surface area contributed by atoms with Crippen LogP contribution in [0.3, 0.4) is 0 Å². The molecule has 0 radical (unpaired) electrons. The summed E-state index contributed by atoms with van der Waals surface area (Å²) >= 11 is 0. The first-order chi connectivity index (χ1) is 10.3. The molecule has 0 fully saturated rings. The van der Waals surface area contributed by atoms with E-state index in [4.69, 9.17) is 4.84 Å². The smallest absolute Gasteiger partial charge is 0.361 e. The monoisotopic (exact) mass is 281 g/mol. The summed E-state index contributed by atoms with van der Waals surface area (Å²) < 4.78 is 0. The Morgan fingerprint density at radius 2 is 1.95 bits per heavy atom. The van der Waals surface area contributed by atoms with Gasteiger partial charge in [0.25, 0.3) is 0 Å². The molecule has 0 unspecified atom stereocenters. The Morgan fingerprint density at radius 1 is 1.10 bits per heavy atom. The molecule has 0 saturated carbocycles. The lowest BCUT2D eigenvalue weighted by Crippen LogP contribution is -2.23. The number of anilines is 1. The Morgan fingerprint density at radius 3 is 2.81 bits per heavy atom. The first kappa shape index (κ1) is 13.2. The fourth-order valence-corrected chi connectivity index (χ4v) is 2.06. The van der Waals surface area contributed by atoms with Gasteiger partial charge in [-0.05, 0) is 29.8 Å². The van der Waals surface area contributed by atoms with Crippen molar-refractivity contribution >= 4 is 22.7 Å². The molecule has 1 amide bonds. The van der Waals surface area contributed by atoms with Crippen LogP contribution in [0.15, 0.2) is 60.8 Å². The van der Waals surface area contributed by atoms with E-state index in [1.54, 1.807) is 0 Å². The molecule has 1 aromatic heterocycles. The quantitative estimate of drug-likeness (QED) is 0.642. The minimum Gasteiger partial charge on any atom is -0.361 e. The van der Waals surface area contributed by atoms with Crippen molar-refractivity contribution in [1.29, 1.82) is 0 Å². The lowest BCUT2D eigenvalue weighted by Gasteiger charge is -2.07. The van der Waals surface area contributed by atoms with Gasteiger partial charge >= 0.3 is 6.09 Å². The van der Waals surface area contributed by atoms with E-state index in [2.05, 4.69) is 15.8 Å². The van der Waals surface area contributed by atoms with E-state index >= 15 is 0 Å². The van der Waals surface area contributed by atoms with E-state index in [1.165, 1.54) is 0 Å². The van der Waals surface area contributed by atoms with E-state index in [0.29, 0.717) is 12.2 Å². The van der Waals surface area contributed by atoms with Gasteiger partial charge in [0.2, 0.25) is 0 Å². The number of rotatable bonds is 4. The highest BCUT2D eigenvalue weighted by Crippen LogP contribution is 2.17. The molecule has 0 spiro atoms. The second-order valence-electron chi connectivity index (χ2n) is 4.60. The second kappa shape index (κ2) is 6.11. The first-order valence-corrected chi connectivity index (χ1v) is 6.63. The van der Waals surface area contributed by atoms with E-state index in [9.17, 15) is 4.79 Å². The van der Waals surface area contributed by atoms with Crippen molar-refractivity contribution in [3.05, 3.63) is 66.4 Å². The molecule has 106 valence electrons. The summed E-state index contributed by atoms with van der Waals surface area (Å²) in [6.07, 6.45) is 1.31. The van der Waals surface area contributed by atoms with Gasteiger partial charge in [-0.2, -0.15) is 0 Å². The summed E-state index contributed by atoms with van der Waals surface area (Å²) in [5.74, 6) is 0. The highest BCUT2D eigenvalue weighted by Gasteiger charge is 2.04. The van der Waals surface area contributed by atoms with E-state index in [-0.39, 0.29) is 0 Å². The summed E-state index contributed by atoms with van der Waals surface area (Å²) in [5, 5.41) is 3.71. The van der Waals surface area contributed by atoms with Gasteiger partial charge in [0, 0.05) is 22.8 Å². The maximum absolute atomic E-state index is 11.7. The first-order valence-electron chi connectivity index (χ1n) is 6.63. The van der Waals surface area contributed by atoms with Gasteiger partial charge < -0.3 is 9.82 Å². The van der Waals surface area contributed by atoms with Crippen molar-refractivity contribution in [2.24, 2.45) is 0 Å². The number of aromatic amines is 1. The number of benzene rings is 2. The van der Waals surface area contributed by atoms with Gasteiger partial charge in [-0.3, -0.25) is 5.32 Å². The molecule has 5 heteroatoms. The zero-order chi connectivity index (χ0) is 14.5. The molecule has 1 heterocycles. The largest absolute Gasteiger partial charge is 0.430 e. The van der Waals surface area contributed by atoms with Crippen molar-refractivity contribution in [3.63, 3.8) is 0 Å². The molecule has 21 heavy (non-hydrogen) atoms. The molecule has 3 rings (SSSR count). The average molecular weight is 281 g/mol. The molecule has 0 aliphatic rings. The fraction of sp³-hybridized carbons (Fsp3) is 0.0625. The summed E-state index contributed by atoms with van der Waals surface area (Å²) in [6.45, 7) is 0.463. The van der Waals surface area contributed by atoms with Crippen LogP contribution in [-0.2, 0) is 11.4 Å². The Kier molecular flexibility index (Phi) is 3.84. The minimum atomic E-state index is -0.541. The Bertz CT molecular complexity index is 737. The number of amides is 1. The zero-order valence-electron chi connectivity index (χ0n) is 11.3. The standard InChI is InChI=1S/C16H15N3O2/c20-16(21-18-11-12-4-2-1-3-5-12)19-14-6-7-15-13(10-14)8-9-17-15/h1-10,17-18H,11H2,(H,19,20). The third kappa shape index (κ3) is 3.40. The van der Waals surface area contributed by atoms with Crippen molar-refractivity contribution in [2.75, 3.05) is 5.32 Å². The lowest BCUT2D eigenvalue weighted by molar-refractivity contribution is 0.0995. The Labute approximate surface area is 121 Å². The molecule has 0 bridgehead atoms. The topological polar surface area (TPSA) is 66.2 Å². The van der Waals surface area contributed by atoms with Crippen molar-refractivity contribution < 1.29 is 9.63 Å². The third-order valence-corrected chi connectivity index (χ3v) is 3.08. The molecule has 3 N–H and O–H groups in total. The van der Waals surface area contributed by atoms with Gasteiger partial charge in [0.1, 0.15) is 0 Å². The lowest BCUT2D eigenvalue weighted by atomic mass is 10.2. The van der Waals surface area contributed by atoms with Gasteiger partial charge in [-0.15, -0.1) is 5.48 Å². The summed E-state index contributed by atoms with van der Waals surface area (Å²) in [7, 11) is 0. The number of aromatic nitrogens is 1. The highest BCUT2D eigenvalue weighted by atomic mass is 16.7. The van der Waals surface area contributed by atoms with Gasteiger partial charge in [-0.1, -0.05) is 30.3 Å². The number of hydroxylamine groups is 1. The van der Waals surface area contributed by atoms with Crippen LogP contribution >= 0.6 is 0 Å². The maximum atomic E-state index is 11.7. The summed E-state index contributed by atoms with van der Waals surface area (Å²) in [6, 6.07) is 17.3. The molecule has 0 atom stereocenters. The normalized spacial score (nSPS) is 10.5. The highest BCUT2D eigenvalue weighted by molar-refractivity contribution is 5.89. The second-order valence-corrected chi connectivity index (χ2v) is 4.60. The number of hydrogen-bond donors (Lipinski definition) is 3. The molecular weight excluding hydrogens is 266 g/mol. The number of carbonyl (C=O) groups excluding carboxylic acids is 1. The van der Waals surface area contributed by atoms with Crippen LogP contribution in [0.4, 0.5) is 10.5 Å². The third-order valence-electron chi connectivity index (χ3n) is 3.08. The predicted molar refractivity (Wildman–Crippen MR) is 81.7 cm³/mol. The van der Waals surface area contributed by atoms with E-state index < -0.39 is 6.09 Å². The van der Waals surface area contributed by atoms with Crippen LogP contribution in [0.25, 0.3) is 10.9 Å². The molecule has 0 aliphatic carbocycles. The zero-order valence-corrected chi connectivity index (χ0v) is 11.3. The van der Waals surface area contributed by atoms with Gasteiger partial charge in [-0.25, -0.2) is 4.79 Å². The fourth-order valence-electron chi connectivity index (χ4n) is 2.06. The van der Waals surface area contributed by atoms with Crippen LogP contribution in [0.5, 0.6) is 0 Å². The average Bonchev–Trinajstić information content (AvgIpc) is 2.96. The van der Waals surface area contributed by atoms with Crippen LogP contribution in [0.2, 0.25) is 0 Å². The van der Waals surface area contributed by atoms with Crippen LogP contribution in [-0.4, -0.2) is 11.1 Å². The van der Waals surface area contributed by atoms with Crippen LogP contribution < -0.4 is 10.8 Å². The SMILES string of the molecule is O=C(Nc1ccc2[nH]ccc2c1)ONCc1ccccc1. The van der Waals surface area contributed by atoms with Crippen molar-refractivity contribution in [3.8, 4) is 0 Å². The van der Waals surface area contributed by atoms with E-state index in [1.807, 2.05) is 60.8 Å². The minimum absolute atomic E-state index is 0.463.